The van der Waals surface area contributed by atoms with E-state index in [1.165, 1.54) is 34.9 Å². The second-order valence-corrected chi connectivity index (χ2v) is 9.00. The summed E-state index contributed by atoms with van der Waals surface area (Å²) in [6.45, 7) is 0.448. The smallest absolute Gasteiger partial charge is 0.229 e. The summed E-state index contributed by atoms with van der Waals surface area (Å²) in [6, 6.07) is 12.9. The average Bonchev–Trinajstić information content (AvgIpc) is 2.93. The molecular formula is C18H21ClFN3O2S. The molecule has 2 atom stereocenters. The van der Waals surface area contributed by atoms with E-state index in [9.17, 15) is 12.8 Å². The summed E-state index contributed by atoms with van der Waals surface area (Å²) in [4.78, 5) is 0. The molecule has 0 saturated carbocycles. The van der Waals surface area contributed by atoms with Crippen LogP contribution in [0.15, 0.2) is 48.5 Å². The first-order valence-corrected chi connectivity index (χ1v) is 9.93. The molecule has 2 aromatic rings. The van der Waals surface area contributed by atoms with E-state index in [0.717, 1.165) is 11.1 Å². The van der Waals surface area contributed by atoms with Gasteiger partial charge in [0, 0.05) is 38.6 Å². The Kier molecular flexibility index (Phi) is 5.37. The molecule has 1 fully saturated rings. The number of benzene rings is 2. The predicted octanol–water partition coefficient (Wildman–Crippen LogP) is 3.27. The summed E-state index contributed by atoms with van der Waals surface area (Å²) in [5, 5.41) is 2.24. The molecule has 8 heteroatoms. The SMILES string of the molecule is CN1CC(c2cccc(F)c2)C(c2ccc(Cl)cc2)N1S(=O)(=O)N(C)C. The van der Waals surface area contributed by atoms with E-state index in [2.05, 4.69) is 0 Å². The Balaban J connectivity index is 2.14. The number of hydrogen-bond donors (Lipinski definition) is 0. The third-order valence-corrected chi connectivity index (χ3v) is 6.76. The Labute approximate surface area is 158 Å². The van der Waals surface area contributed by atoms with Gasteiger partial charge in [-0.15, -0.1) is 4.41 Å². The molecule has 2 unspecified atom stereocenters. The summed E-state index contributed by atoms with van der Waals surface area (Å²) < 4.78 is 42.2. The average molecular weight is 398 g/mol. The van der Waals surface area contributed by atoms with Gasteiger partial charge in [0.2, 0.25) is 0 Å². The fourth-order valence-corrected chi connectivity index (χ4v) is 4.80. The van der Waals surface area contributed by atoms with Crippen molar-refractivity contribution in [1.29, 1.82) is 0 Å². The lowest BCUT2D eigenvalue weighted by molar-refractivity contribution is 0.116. The molecule has 1 heterocycles. The summed E-state index contributed by atoms with van der Waals surface area (Å²) in [6.07, 6.45) is 0. The number of halogens is 2. The molecule has 0 spiro atoms. The highest BCUT2D eigenvalue weighted by atomic mass is 35.5. The Hall–Kier alpha value is -1.51. The molecule has 2 aromatic carbocycles. The van der Waals surface area contributed by atoms with Crippen LogP contribution in [0.5, 0.6) is 0 Å². The zero-order chi connectivity index (χ0) is 19.1. The van der Waals surface area contributed by atoms with E-state index < -0.39 is 16.3 Å². The normalized spacial score (nSPS) is 22.2. The van der Waals surface area contributed by atoms with Crippen molar-refractivity contribution in [1.82, 2.24) is 13.7 Å². The van der Waals surface area contributed by atoms with Gasteiger partial charge in [0.1, 0.15) is 5.82 Å². The number of likely N-dealkylation sites (N-methyl/N-ethyl adjacent to an activating group) is 1. The van der Waals surface area contributed by atoms with E-state index in [0.29, 0.717) is 11.6 Å². The van der Waals surface area contributed by atoms with Crippen LogP contribution in [-0.2, 0) is 10.2 Å². The quantitative estimate of drug-likeness (QED) is 0.795. The first kappa shape index (κ1) is 19.3. The molecule has 0 aromatic heterocycles. The van der Waals surface area contributed by atoms with Crippen molar-refractivity contribution in [3.63, 3.8) is 0 Å². The Bertz CT molecular complexity index is 890. The largest absolute Gasteiger partial charge is 0.295 e. The molecule has 3 rings (SSSR count). The highest BCUT2D eigenvalue weighted by molar-refractivity contribution is 7.86. The zero-order valence-electron chi connectivity index (χ0n) is 14.8. The number of nitrogens with zero attached hydrogens (tertiary/aromatic N) is 3. The maximum Gasteiger partial charge on any atom is 0.295 e. The fourth-order valence-electron chi connectivity index (χ4n) is 3.36. The molecule has 0 amide bonds. The molecule has 26 heavy (non-hydrogen) atoms. The second-order valence-electron chi connectivity index (χ2n) is 6.56. The standard InChI is InChI=1S/C18H21ClFN3O2S/c1-21(2)26(24,25)23-18(13-7-9-15(19)10-8-13)17(12-22(23)3)14-5-4-6-16(20)11-14/h4-11,17-18H,12H2,1-3H3. The molecule has 5 nitrogen and oxygen atoms in total. The van der Waals surface area contributed by atoms with E-state index in [-0.39, 0.29) is 11.7 Å². The Morgan fingerprint density at radius 1 is 1.12 bits per heavy atom. The van der Waals surface area contributed by atoms with Gasteiger partial charge in [-0.2, -0.15) is 12.7 Å². The summed E-state index contributed by atoms with van der Waals surface area (Å²) in [5.41, 5.74) is 1.56. The number of hydrazine groups is 1. The third kappa shape index (κ3) is 3.50. The molecular weight excluding hydrogens is 377 g/mol. The van der Waals surface area contributed by atoms with Crippen molar-refractivity contribution in [2.24, 2.45) is 0 Å². The number of hydrogen-bond acceptors (Lipinski definition) is 3. The van der Waals surface area contributed by atoms with Crippen molar-refractivity contribution in [2.45, 2.75) is 12.0 Å². The van der Waals surface area contributed by atoms with Crippen LogP contribution in [-0.4, -0.2) is 49.8 Å². The first-order chi connectivity index (χ1) is 12.2. The van der Waals surface area contributed by atoms with Gasteiger partial charge in [-0.3, -0.25) is 0 Å². The molecule has 1 aliphatic rings. The minimum Gasteiger partial charge on any atom is -0.229 e. The van der Waals surface area contributed by atoms with Gasteiger partial charge < -0.3 is 0 Å². The van der Waals surface area contributed by atoms with Gasteiger partial charge >= 0.3 is 0 Å². The van der Waals surface area contributed by atoms with Crippen LogP contribution < -0.4 is 0 Å². The predicted molar refractivity (Wildman–Crippen MR) is 100 cm³/mol. The van der Waals surface area contributed by atoms with Gasteiger partial charge in [0.25, 0.3) is 10.2 Å². The molecule has 0 bridgehead atoms. The van der Waals surface area contributed by atoms with Gasteiger partial charge in [0.05, 0.1) is 6.04 Å². The summed E-state index contributed by atoms with van der Waals surface area (Å²) in [5.74, 6) is -0.555. The van der Waals surface area contributed by atoms with Crippen LogP contribution in [0.3, 0.4) is 0 Å². The Morgan fingerprint density at radius 2 is 1.77 bits per heavy atom. The monoisotopic (exact) mass is 397 g/mol. The second kappa shape index (κ2) is 7.25. The van der Waals surface area contributed by atoms with Crippen molar-refractivity contribution >= 4 is 21.8 Å². The topological polar surface area (TPSA) is 43.9 Å². The van der Waals surface area contributed by atoms with Gasteiger partial charge in [-0.1, -0.05) is 35.9 Å². The lowest BCUT2D eigenvalue weighted by Gasteiger charge is -2.32. The number of rotatable bonds is 4. The van der Waals surface area contributed by atoms with E-state index >= 15 is 0 Å². The molecule has 0 N–H and O–H groups in total. The van der Waals surface area contributed by atoms with Crippen LogP contribution in [0.25, 0.3) is 0 Å². The van der Waals surface area contributed by atoms with Crippen molar-refractivity contribution in [3.8, 4) is 0 Å². The minimum absolute atomic E-state index is 0.216. The van der Waals surface area contributed by atoms with Gasteiger partial charge in [-0.25, -0.2) is 9.40 Å². The highest BCUT2D eigenvalue weighted by Gasteiger charge is 2.47. The van der Waals surface area contributed by atoms with E-state index in [1.54, 1.807) is 30.3 Å². The summed E-state index contributed by atoms with van der Waals surface area (Å²) in [7, 11) is 1.00. The fraction of sp³-hybridized carbons (Fsp3) is 0.333. The van der Waals surface area contributed by atoms with E-state index in [1.807, 2.05) is 18.2 Å². The maximum atomic E-state index is 13.8. The minimum atomic E-state index is -3.72. The summed E-state index contributed by atoms with van der Waals surface area (Å²) >= 11 is 6.00. The van der Waals surface area contributed by atoms with Crippen LogP contribution in [0, 0.1) is 5.82 Å². The molecule has 1 saturated heterocycles. The first-order valence-electron chi connectivity index (χ1n) is 8.15. The van der Waals surface area contributed by atoms with Gasteiger partial charge in [0.15, 0.2) is 0 Å². The lowest BCUT2D eigenvalue weighted by Crippen LogP contribution is -2.46. The van der Waals surface area contributed by atoms with Crippen LogP contribution in [0.1, 0.15) is 23.1 Å². The lowest BCUT2D eigenvalue weighted by atomic mass is 9.88. The van der Waals surface area contributed by atoms with Crippen molar-refractivity contribution in [3.05, 3.63) is 70.5 Å². The highest BCUT2D eigenvalue weighted by Crippen LogP contribution is 2.44. The zero-order valence-corrected chi connectivity index (χ0v) is 16.4. The van der Waals surface area contributed by atoms with Gasteiger partial charge in [-0.05, 0) is 35.4 Å². The molecule has 1 aliphatic heterocycles. The third-order valence-electron chi connectivity index (χ3n) is 4.60. The Morgan fingerprint density at radius 3 is 2.35 bits per heavy atom. The van der Waals surface area contributed by atoms with Crippen LogP contribution in [0.4, 0.5) is 4.39 Å². The molecule has 0 aliphatic carbocycles. The van der Waals surface area contributed by atoms with Crippen molar-refractivity contribution < 1.29 is 12.8 Å². The van der Waals surface area contributed by atoms with Crippen LogP contribution in [0.2, 0.25) is 5.02 Å². The molecule has 0 radical (unpaired) electrons. The molecule has 140 valence electrons. The maximum absolute atomic E-state index is 13.8. The van der Waals surface area contributed by atoms with E-state index in [4.69, 9.17) is 11.6 Å². The van der Waals surface area contributed by atoms with Crippen LogP contribution >= 0.6 is 11.6 Å². The van der Waals surface area contributed by atoms with Crippen molar-refractivity contribution in [2.75, 3.05) is 27.7 Å².